The van der Waals surface area contributed by atoms with E-state index in [0.29, 0.717) is 27.1 Å². The molecular formula is C24H18Cl2N2O4. The van der Waals surface area contributed by atoms with Crippen molar-refractivity contribution in [3.8, 4) is 45.4 Å². The Morgan fingerprint density at radius 3 is 1.81 bits per heavy atom. The smallest absolute Gasteiger partial charge is 0.343 e. The van der Waals surface area contributed by atoms with Crippen molar-refractivity contribution in [3.63, 3.8) is 0 Å². The Labute approximate surface area is 194 Å². The van der Waals surface area contributed by atoms with Crippen LogP contribution in [-0.4, -0.2) is 35.3 Å². The highest BCUT2D eigenvalue weighted by atomic mass is 35.5. The monoisotopic (exact) mass is 468 g/mol. The van der Waals surface area contributed by atoms with Crippen LogP contribution in [0.25, 0.3) is 33.9 Å². The normalized spacial score (nSPS) is 10.8. The molecule has 0 aliphatic rings. The predicted molar refractivity (Wildman–Crippen MR) is 125 cm³/mol. The number of nitrogens with one attached hydrogen (secondary N) is 1. The van der Waals surface area contributed by atoms with Crippen molar-refractivity contribution in [1.29, 1.82) is 0 Å². The predicted octanol–water partition coefficient (Wildman–Crippen LogP) is 6.43. The molecule has 0 bridgehead atoms. The fourth-order valence-electron chi connectivity index (χ4n) is 3.41. The second-order valence-electron chi connectivity index (χ2n) is 6.88. The number of rotatable bonds is 6. The third-order valence-corrected chi connectivity index (χ3v) is 5.45. The lowest BCUT2D eigenvalue weighted by molar-refractivity contribution is 0.0689. The molecule has 0 aliphatic carbocycles. The summed E-state index contributed by atoms with van der Waals surface area (Å²) in [5, 5.41) is 10.8. The summed E-state index contributed by atoms with van der Waals surface area (Å²) in [7, 11) is 2.82. The first kappa shape index (κ1) is 21.7. The van der Waals surface area contributed by atoms with Crippen molar-refractivity contribution in [1.82, 2.24) is 9.97 Å². The van der Waals surface area contributed by atoms with Crippen molar-refractivity contribution in [2.24, 2.45) is 0 Å². The molecule has 0 atom stereocenters. The molecule has 0 saturated heterocycles. The number of ether oxygens (including phenoxy) is 2. The Morgan fingerprint density at radius 1 is 0.844 bits per heavy atom. The summed E-state index contributed by atoms with van der Waals surface area (Å²) in [4.78, 5) is 19.9. The van der Waals surface area contributed by atoms with Gasteiger partial charge < -0.3 is 19.6 Å². The van der Waals surface area contributed by atoms with E-state index in [9.17, 15) is 9.90 Å². The summed E-state index contributed by atoms with van der Waals surface area (Å²) in [6.07, 6.45) is 0. The van der Waals surface area contributed by atoms with Gasteiger partial charge in [0, 0.05) is 26.7 Å². The van der Waals surface area contributed by atoms with Crippen molar-refractivity contribution >= 4 is 29.2 Å². The average Bonchev–Trinajstić information content (AvgIpc) is 3.24. The number of aromatic nitrogens is 2. The number of carboxylic acids is 1. The molecule has 162 valence electrons. The number of halogens is 2. The number of nitrogens with zero attached hydrogens (tertiary/aromatic N) is 1. The fraction of sp³-hybridized carbons (Fsp3) is 0.0833. The minimum atomic E-state index is -1.14. The second kappa shape index (κ2) is 8.94. The Morgan fingerprint density at radius 2 is 1.34 bits per heavy atom. The minimum absolute atomic E-state index is 0.0545. The molecule has 0 saturated carbocycles. The Bertz CT molecular complexity index is 1190. The van der Waals surface area contributed by atoms with Gasteiger partial charge in [0.15, 0.2) is 0 Å². The standard InChI is InChI=1S/C24H18Cl2N2O4/c1-31-18-11-15(12-19(32-2)20(18)24(29)30)23-27-21(13-3-7-16(25)8-4-13)22(28-23)14-5-9-17(26)10-6-14/h3-12H,1-2H3,(H,27,28)(H,29,30). The minimum Gasteiger partial charge on any atom is -0.496 e. The number of H-pyrrole nitrogens is 1. The maximum absolute atomic E-state index is 11.7. The fourth-order valence-corrected chi connectivity index (χ4v) is 3.66. The maximum Gasteiger partial charge on any atom is 0.343 e. The zero-order valence-corrected chi connectivity index (χ0v) is 18.7. The van der Waals surface area contributed by atoms with E-state index in [1.165, 1.54) is 14.2 Å². The van der Waals surface area contributed by atoms with Gasteiger partial charge in [-0.25, -0.2) is 9.78 Å². The first-order valence-corrected chi connectivity index (χ1v) is 10.3. The molecular weight excluding hydrogens is 451 g/mol. The van der Waals surface area contributed by atoms with Gasteiger partial charge in [-0.2, -0.15) is 0 Å². The van der Waals surface area contributed by atoms with Crippen molar-refractivity contribution in [3.05, 3.63) is 76.3 Å². The van der Waals surface area contributed by atoms with Gasteiger partial charge in [-0.15, -0.1) is 0 Å². The van der Waals surface area contributed by atoms with Crippen LogP contribution in [0.3, 0.4) is 0 Å². The van der Waals surface area contributed by atoms with E-state index in [1.807, 2.05) is 24.3 Å². The zero-order valence-electron chi connectivity index (χ0n) is 17.1. The van der Waals surface area contributed by atoms with Crippen LogP contribution < -0.4 is 9.47 Å². The zero-order chi connectivity index (χ0) is 22.8. The van der Waals surface area contributed by atoms with Crippen LogP contribution in [-0.2, 0) is 0 Å². The SMILES string of the molecule is COc1cc(-c2nc(-c3ccc(Cl)cc3)c(-c3ccc(Cl)cc3)[nH]2)cc(OC)c1C(=O)O. The van der Waals surface area contributed by atoms with Crippen LogP contribution in [0.15, 0.2) is 60.7 Å². The molecule has 2 N–H and O–H groups in total. The third kappa shape index (κ3) is 4.15. The summed E-state index contributed by atoms with van der Waals surface area (Å²) >= 11 is 12.1. The Hall–Kier alpha value is -3.48. The van der Waals surface area contributed by atoms with Gasteiger partial charge in [0.05, 0.1) is 25.6 Å². The van der Waals surface area contributed by atoms with Crippen LogP contribution in [0, 0.1) is 0 Å². The number of hydrogen-bond acceptors (Lipinski definition) is 4. The van der Waals surface area contributed by atoms with E-state index in [1.54, 1.807) is 36.4 Å². The number of carbonyl (C=O) groups is 1. The topological polar surface area (TPSA) is 84.4 Å². The van der Waals surface area contributed by atoms with Gasteiger partial charge in [0.1, 0.15) is 22.9 Å². The lowest BCUT2D eigenvalue weighted by Crippen LogP contribution is -2.04. The lowest BCUT2D eigenvalue weighted by Gasteiger charge is -2.11. The second-order valence-corrected chi connectivity index (χ2v) is 7.76. The van der Waals surface area contributed by atoms with Gasteiger partial charge in [-0.3, -0.25) is 0 Å². The lowest BCUT2D eigenvalue weighted by atomic mass is 10.1. The number of hydrogen-bond donors (Lipinski definition) is 2. The first-order chi connectivity index (χ1) is 15.4. The van der Waals surface area contributed by atoms with E-state index < -0.39 is 5.97 Å². The molecule has 4 aromatic rings. The Balaban J connectivity index is 1.92. The number of aromatic carboxylic acids is 1. The third-order valence-electron chi connectivity index (χ3n) is 4.95. The van der Waals surface area contributed by atoms with Crippen molar-refractivity contribution in [2.75, 3.05) is 14.2 Å². The summed E-state index contributed by atoms with van der Waals surface area (Å²) in [5.74, 6) is -0.282. The van der Waals surface area contributed by atoms with Crippen LogP contribution >= 0.6 is 23.2 Å². The van der Waals surface area contributed by atoms with Gasteiger partial charge in [-0.1, -0.05) is 47.5 Å². The van der Waals surface area contributed by atoms with E-state index in [0.717, 1.165) is 16.8 Å². The number of methoxy groups -OCH3 is 2. The average molecular weight is 469 g/mol. The Kier molecular flexibility index (Phi) is 6.08. The molecule has 0 radical (unpaired) electrons. The summed E-state index contributed by atoms with van der Waals surface area (Å²) < 4.78 is 10.6. The molecule has 32 heavy (non-hydrogen) atoms. The summed E-state index contributed by atoms with van der Waals surface area (Å²) in [5.41, 5.74) is 3.79. The van der Waals surface area contributed by atoms with Crippen molar-refractivity contribution in [2.45, 2.75) is 0 Å². The highest BCUT2D eigenvalue weighted by molar-refractivity contribution is 6.31. The first-order valence-electron chi connectivity index (χ1n) is 9.53. The molecule has 8 heteroatoms. The molecule has 1 aromatic heterocycles. The van der Waals surface area contributed by atoms with E-state index in [-0.39, 0.29) is 17.1 Å². The van der Waals surface area contributed by atoms with E-state index in [2.05, 4.69) is 4.98 Å². The summed E-state index contributed by atoms with van der Waals surface area (Å²) in [6, 6.07) is 18.0. The molecule has 0 fully saturated rings. The maximum atomic E-state index is 11.7. The van der Waals surface area contributed by atoms with Crippen LogP contribution in [0.2, 0.25) is 10.0 Å². The van der Waals surface area contributed by atoms with Gasteiger partial charge in [0.25, 0.3) is 0 Å². The molecule has 0 amide bonds. The molecule has 3 aromatic carbocycles. The molecule has 0 unspecified atom stereocenters. The van der Waals surface area contributed by atoms with E-state index >= 15 is 0 Å². The van der Waals surface area contributed by atoms with Crippen LogP contribution in [0.1, 0.15) is 10.4 Å². The van der Waals surface area contributed by atoms with Crippen molar-refractivity contribution < 1.29 is 19.4 Å². The number of carboxylic acid groups (broad SMARTS) is 1. The number of aromatic amines is 1. The quantitative estimate of drug-likeness (QED) is 0.340. The molecule has 4 rings (SSSR count). The van der Waals surface area contributed by atoms with E-state index in [4.69, 9.17) is 37.7 Å². The largest absolute Gasteiger partial charge is 0.496 e. The number of imidazole rings is 1. The highest BCUT2D eigenvalue weighted by Crippen LogP contribution is 2.38. The molecule has 0 spiro atoms. The summed E-state index contributed by atoms with van der Waals surface area (Å²) in [6.45, 7) is 0. The number of benzene rings is 3. The molecule has 0 aliphatic heterocycles. The highest BCUT2D eigenvalue weighted by Gasteiger charge is 2.22. The van der Waals surface area contributed by atoms with Crippen LogP contribution in [0.4, 0.5) is 0 Å². The van der Waals surface area contributed by atoms with Gasteiger partial charge in [0.2, 0.25) is 0 Å². The molecule has 1 heterocycles. The van der Waals surface area contributed by atoms with Gasteiger partial charge >= 0.3 is 5.97 Å². The molecule has 6 nitrogen and oxygen atoms in total. The van der Waals surface area contributed by atoms with Crippen LogP contribution in [0.5, 0.6) is 11.5 Å². The van der Waals surface area contributed by atoms with Gasteiger partial charge in [-0.05, 0) is 36.4 Å².